The summed E-state index contributed by atoms with van der Waals surface area (Å²) in [6.07, 6.45) is 0. The minimum Gasteiger partial charge on any atom is -0.489 e. The van der Waals surface area contributed by atoms with Gasteiger partial charge in [0.15, 0.2) is 12.4 Å². The van der Waals surface area contributed by atoms with Gasteiger partial charge in [0, 0.05) is 6.07 Å². The number of methoxy groups -OCH3 is 1. The van der Waals surface area contributed by atoms with Gasteiger partial charge in [0.2, 0.25) is 0 Å². The predicted octanol–water partition coefficient (Wildman–Crippen LogP) is 4.61. The zero-order valence-electron chi connectivity index (χ0n) is 15.9. The number of benzene rings is 3. The zero-order valence-corrected chi connectivity index (χ0v) is 16.7. The van der Waals surface area contributed by atoms with Crippen molar-refractivity contribution in [2.75, 3.05) is 19.5 Å². The van der Waals surface area contributed by atoms with Crippen molar-refractivity contribution in [3.8, 4) is 23.0 Å². The van der Waals surface area contributed by atoms with E-state index in [1.807, 2.05) is 42.5 Å². The van der Waals surface area contributed by atoms with Gasteiger partial charge >= 0.3 is 5.97 Å². The molecule has 0 amide bonds. The summed E-state index contributed by atoms with van der Waals surface area (Å²) in [6, 6.07) is 22.2. The van der Waals surface area contributed by atoms with Crippen LogP contribution in [0.4, 0.5) is 5.69 Å². The fourth-order valence-corrected chi connectivity index (χ4v) is 2.38. The first-order valence-electron chi connectivity index (χ1n) is 8.68. The quantitative estimate of drug-likeness (QED) is 0.427. The van der Waals surface area contributed by atoms with Crippen molar-refractivity contribution in [3.63, 3.8) is 0 Å². The van der Waals surface area contributed by atoms with Crippen molar-refractivity contribution in [1.82, 2.24) is 0 Å². The van der Waals surface area contributed by atoms with Crippen LogP contribution in [0.25, 0.3) is 0 Å². The topological polar surface area (TPSA) is 80.0 Å². The second-order valence-electron chi connectivity index (χ2n) is 5.91. The Morgan fingerprint density at radius 3 is 2.17 bits per heavy atom. The van der Waals surface area contributed by atoms with Gasteiger partial charge in [0.05, 0.1) is 12.8 Å². The Morgan fingerprint density at radius 1 is 0.862 bits per heavy atom. The average molecular weight is 416 g/mol. The van der Waals surface area contributed by atoms with E-state index in [0.717, 1.165) is 11.3 Å². The van der Waals surface area contributed by atoms with Crippen LogP contribution in [0.2, 0.25) is 0 Å². The molecule has 7 heteroatoms. The number of carbonyl (C=O) groups excluding carboxylic acids is 1. The normalized spacial score (nSPS) is 9.83. The summed E-state index contributed by atoms with van der Waals surface area (Å²) in [5.41, 5.74) is 7.50. The van der Waals surface area contributed by atoms with E-state index in [9.17, 15) is 4.79 Å². The van der Waals surface area contributed by atoms with E-state index in [-0.39, 0.29) is 19.0 Å². The molecule has 0 atom stereocenters. The maximum atomic E-state index is 11.1. The highest BCUT2D eigenvalue weighted by atomic mass is 35.5. The molecule has 0 aromatic heterocycles. The number of halogens is 1. The molecule has 2 N–H and O–H groups in total. The summed E-state index contributed by atoms with van der Waals surface area (Å²) in [5.74, 6) is 1.86. The van der Waals surface area contributed by atoms with Crippen LogP contribution in [0.1, 0.15) is 5.56 Å². The fraction of sp³-hybridized carbons (Fsp3) is 0.136. The summed E-state index contributed by atoms with van der Waals surface area (Å²) in [4.78, 5) is 11.1. The summed E-state index contributed by atoms with van der Waals surface area (Å²) < 4.78 is 21.4. The average Bonchev–Trinajstić information content (AvgIpc) is 2.74. The SMILES string of the molecule is COC(=O)COc1ccc(Oc2ccc(OCc3ccccc3)cc2)c(N)c1.Cl. The highest BCUT2D eigenvalue weighted by Crippen LogP contribution is 2.31. The summed E-state index contributed by atoms with van der Waals surface area (Å²) >= 11 is 0. The largest absolute Gasteiger partial charge is 0.489 e. The summed E-state index contributed by atoms with van der Waals surface area (Å²) in [7, 11) is 1.30. The molecule has 3 rings (SSSR count). The Morgan fingerprint density at radius 2 is 1.52 bits per heavy atom. The molecule has 0 aliphatic rings. The molecule has 6 nitrogen and oxygen atoms in total. The van der Waals surface area contributed by atoms with Crippen LogP contribution in [-0.2, 0) is 16.1 Å². The number of ether oxygens (including phenoxy) is 4. The molecular formula is C22H22ClNO5. The first-order chi connectivity index (χ1) is 13.6. The lowest BCUT2D eigenvalue weighted by molar-refractivity contribution is -0.142. The third-order valence-electron chi connectivity index (χ3n) is 3.87. The second kappa shape index (κ2) is 10.8. The van der Waals surface area contributed by atoms with Crippen molar-refractivity contribution in [1.29, 1.82) is 0 Å². The van der Waals surface area contributed by atoms with Gasteiger partial charge in [0.1, 0.15) is 23.9 Å². The third-order valence-corrected chi connectivity index (χ3v) is 3.87. The van der Waals surface area contributed by atoms with E-state index in [2.05, 4.69) is 4.74 Å². The van der Waals surface area contributed by atoms with E-state index in [4.69, 9.17) is 19.9 Å². The van der Waals surface area contributed by atoms with Gasteiger partial charge in [-0.2, -0.15) is 0 Å². The minimum absolute atomic E-state index is 0. The molecule has 29 heavy (non-hydrogen) atoms. The van der Waals surface area contributed by atoms with Gasteiger partial charge in [0.25, 0.3) is 0 Å². The van der Waals surface area contributed by atoms with Gasteiger partial charge in [-0.15, -0.1) is 12.4 Å². The number of hydrogen-bond acceptors (Lipinski definition) is 6. The second-order valence-corrected chi connectivity index (χ2v) is 5.91. The van der Waals surface area contributed by atoms with Crippen LogP contribution < -0.4 is 19.9 Å². The molecule has 3 aromatic rings. The minimum atomic E-state index is -0.464. The lowest BCUT2D eigenvalue weighted by Crippen LogP contribution is -2.12. The van der Waals surface area contributed by atoms with Gasteiger partial charge in [-0.3, -0.25) is 0 Å². The standard InChI is InChI=1S/C22H21NO5.ClH/c1-25-22(24)15-27-19-11-12-21(20(23)13-19)28-18-9-7-17(8-10-18)26-14-16-5-3-2-4-6-16;/h2-13H,14-15,23H2,1H3;1H. The van der Waals surface area contributed by atoms with E-state index < -0.39 is 5.97 Å². The molecule has 0 spiro atoms. The fourth-order valence-electron chi connectivity index (χ4n) is 2.38. The van der Waals surface area contributed by atoms with Crippen LogP contribution in [-0.4, -0.2) is 19.7 Å². The molecule has 0 heterocycles. The van der Waals surface area contributed by atoms with Crippen LogP contribution in [0.5, 0.6) is 23.0 Å². The molecular weight excluding hydrogens is 394 g/mol. The molecule has 3 aromatic carbocycles. The highest BCUT2D eigenvalue weighted by molar-refractivity contribution is 5.85. The molecule has 0 aliphatic heterocycles. The van der Waals surface area contributed by atoms with Gasteiger partial charge in [-0.05, 0) is 42.0 Å². The van der Waals surface area contributed by atoms with Crippen molar-refractivity contribution < 1.29 is 23.7 Å². The number of anilines is 1. The van der Waals surface area contributed by atoms with Crippen molar-refractivity contribution in [2.24, 2.45) is 0 Å². The first-order valence-corrected chi connectivity index (χ1v) is 8.68. The van der Waals surface area contributed by atoms with E-state index in [0.29, 0.717) is 29.5 Å². The Kier molecular flexibility index (Phi) is 8.18. The Balaban J connectivity index is 0.00000300. The molecule has 152 valence electrons. The van der Waals surface area contributed by atoms with E-state index >= 15 is 0 Å². The van der Waals surface area contributed by atoms with Gasteiger partial charge < -0.3 is 24.7 Å². The number of nitrogen functional groups attached to an aromatic ring is 1. The summed E-state index contributed by atoms with van der Waals surface area (Å²) in [5, 5.41) is 0. The van der Waals surface area contributed by atoms with E-state index in [1.54, 1.807) is 30.3 Å². The molecule has 0 saturated heterocycles. The lowest BCUT2D eigenvalue weighted by Gasteiger charge is -2.11. The maximum absolute atomic E-state index is 11.1. The van der Waals surface area contributed by atoms with Crippen molar-refractivity contribution in [3.05, 3.63) is 78.4 Å². The molecule has 0 aliphatic carbocycles. The molecule has 0 radical (unpaired) electrons. The van der Waals surface area contributed by atoms with Crippen LogP contribution in [0, 0.1) is 0 Å². The van der Waals surface area contributed by atoms with Crippen LogP contribution in [0.3, 0.4) is 0 Å². The smallest absolute Gasteiger partial charge is 0.343 e. The number of nitrogens with two attached hydrogens (primary N) is 1. The molecule has 0 saturated carbocycles. The Hall–Kier alpha value is -3.38. The highest BCUT2D eigenvalue weighted by Gasteiger charge is 2.07. The Bertz CT molecular complexity index is 916. The van der Waals surface area contributed by atoms with Crippen molar-refractivity contribution in [2.45, 2.75) is 6.61 Å². The number of hydrogen-bond donors (Lipinski definition) is 1. The number of carbonyl (C=O) groups is 1. The number of esters is 1. The summed E-state index contributed by atoms with van der Waals surface area (Å²) in [6.45, 7) is 0.321. The zero-order chi connectivity index (χ0) is 19.8. The van der Waals surface area contributed by atoms with Crippen LogP contribution in [0.15, 0.2) is 72.8 Å². The van der Waals surface area contributed by atoms with Gasteiger partial charge in [-0.1, -0.05) is 30.3 Å². The Labute approximate surface area is 175 Å². The number of rotatable bonds is 8. The maximum Gasteiger partial charge on any atom is 0.343 e. The predicted molar refractivity (Wildman–Crippen MR) is 113 cm³/mol. The van der Waals surface area contributed by atoms with Crippen LogP contribution >= 0.6 is 12.4 Å². The molecule has 0 unspecified atom stereocenters. The molecule has 0 fully saturated rings. The van der Waals surface area contributed by atoms with Crippen molar-refractivity contribution >= 4 is 24.1 Å². The van der Waals surface area contributed by atoms with E-state index in [1.165, 1.54) is 7.11 Å². The third kappa shape index (κ3) is 6.62. The molecule has 0 bridgehead atoms. The van der Waals surface area contributed by atoms with Gasteiger partial charge in [-0.25, -0.2) is 4.79 Å². The first kappa shape index (κ1) is 21.9. The monoisotopic (exact) mass is 415 g/mol. The lowest BCUT2D eigenvalue weighted by atomic mass is 10.2.